The van der Waals surface area contributed by atoms with E-state index in [4.69, 9.17) is 23.7 Å². The largest absolute Gasteiger partial charge is 0.507 e. The first kappa shape index (κ1) is 27.8. The number of anilines is 1. The van der Waals surface area contributed by atoms with Crippen molar-refractivity contribution in [3.05, 3.63) is 71.3 Å². The Balaban J connectivity index is 1.77. The first-order valence-electron chi connectivity index (χ1n) is 12.6. The number of amides is 1. The summed E-state index contributed by atoms with van der Waals surface area (Å²) in [5, 5.41) is 11.8. The van der Waals surface area contributed by atoms with Gasteiger partial charge < -0.3 is 28.8 Å². The van der Waals surface area contributed by atoms with Gasteiger partial charge in [0.1, 0.15) is 17.3 Å². The van der Waals surface area contributed by atoms with Gasteiger partial charge in [0.05, 0.1) is 56.9 Å². The van der Waals surface area contributed by atoms with E-state index in [0.29, 0.717) is 52.0 Å². The zero-order valence-corrected chi connectivity index (χ0v) is 23.9. The minimum Gasteiger partial charge on any atom is -0.507 e. The highest BCUT2D eigenvalue weighted by Gasteiger charge is 2.48. The van der Waals surface area contributed by atoms with E-state index >= 15 is 0 Å². The number of rotatable bonds is 9. The van der Waals surface area contributed by atoms with Crippen LogP contribution in [0.5, 0.6) is 28.7 Å². The van der Waals surface area contributed by atoms with Crippen molar-refractivity contribution in [3.8, 4) is 28.7 Å². The summed E-state index contributed by atoms with van der Waals surface area (Å²) >= 11 is 1.22. The number of aliphatic hydroxyl groups excluding tert-OH is 1. The van der Waals surface area contributed by atoms with Crippen LogP contribution >= 0.6 is 11.3 Å². The molecule has 10 nitrogen and oxygen atoms in total. The number of fused-ring (bicyclic) bond motifs is 1. The molecule has 2 heterocycles. The molecule has 3 aromatic carbocycles. The molecule has 4 aromatic rings. The minimum atomic E-state index is -1.07. The Morgan fingerprint density at radius 3 is 2.29 bits per heavy atom. The summed E-state index contributed by atoms with van der Waals surface area (Å²) < 4.78 is 28.3. The van der Waals surface area contributed by atoms with E-state index in [2.05, 4.69) is 4.98 Å². The summed E-state index contributed by atoms with van der Waals surface area (Å²) in [6, 6.07) is 14.3. The number of hydrogen-bond donors (Lipinski definition) is 1. The summed E-state index contributed by atoms with van der Waals surface area (Å²) in [6.07, 6.45) is 0. The number of nitrogens with zero attached hydrogens (tertiary/aromatic N) is 2. The fraction of sp³-hybridized carbons (Fsp3) is 0.233. The number of ether oxygens (including phenoxy) is 5. The van der Waals surface area contributed by atoms with Crippen LogP contribution in [0.2, 0.25) is 0 Å². The lowest BCUT2D eigenvalue weighted by molar-refractivity contribution is -0.132. The van der Waals surface area contributed by atoms with Crippen molar-refractivity contribution in [2.75, 3.05) is 39.9 Å². The van der Waals surface area contributed by atoms with Crippen LogP contribution in [0.25, 0.3) is 16.0 Å². The number of methoxy groups -OCH3 is 4. The molecule has 1 amide bonds. The molecule has 0 bridgehead atoms. The van der Waals surface area contributed by atoms with Crippen LogP contribution < -0.4 is 28.6 Å². The van der Waals surface area contributed by atoms with Crippen LogP contribution in [-0.2, 0) is 9.59 Å². The van der Waals surface area contributed by atoms with Crippen LogP contribution in [0.1, 0.15) is 24.1 Å². The molecule has 1 aliphatic rings. The maximum absolute atomic E-state index is 13.7. The van der Waals surface area contributed by atoms with Gasteiger partial charge in [0.25, 0.3) is 5.78 Å². The molecule has 0 aliphatic carbocycles. The van der Waals surface area contributed by atoms with E-state index in [1.54, 1.807) is 61.7 Å². The van der Waals surface area contributed by atoms with Crippen molar-refractivity contribution in [1.29, 1.82) is 0 Å². The van der Waals surface area contributed by atoms with Gasteiger partial charge in [-0.3, -0.25) is 14.5 Å². The van der Waals surface area contributed by atoms with Crippen molar-refractivity contribution in [1.82, 2.24) is 4.98 Å². The van der Waals surface area contributed by atoms with Crippen LogP contribution in [0.15, 0.2) is 60.2 Å². The average Bonchev–Trinajstić information content (AvgIpc) is 3.53. The lowest BCUT2D eigenvalue weighted by Crippen LogP contribution is -2.29. The zero-order chi connectivity index (χ0) is 29.3. The molecule has 1 aromatic heterocycles. The molecule has 0 saturated carbocycles. The van der Waals surface area contributed by atoms with Crippen molar-refractivity contribution >= 4 is 44.1 Å². The molecule has 1 N–H and O–H groups in total. The van der Waals surface area contributed by atoms with Gasteiger partial charge in [-0.05, 0) is 55.0 Å². The van der Waals surface area contributed by atoms with Gasteiger partial charge >= 0.3 is 5.91 Å². The number of carbonyl (C=O) groups excluding carboxylic acids is 2. The lowest BCUT2D eigenvalue weighted by Gasteiger charge is -2.24. The van der Waals surface area contributed by atoms with E-state index in [1.165, 1.54) is 37.6 Å². The molecule has 1 aliphatic heterocycles. The summed E-state index contributed by atoms with van der Waals surface area (Å²) in [4.78, 5) is 33.3. The van der Waals surface area contributed by atoms with Gasteiger partial charge in [-0.2, -0.15) is 0 Å². The number of thiazole rings is 1. The maximum Gasteiger partial charge on any atom is 0.301 e. The fourth-order valence-corrected chi connectivity index (χ4v) is 5.80. The van der Waals surface area contributed by atoms with Crippen LogP contribution in [-0.4, -0.2) is 56.8 Å². The molecular weight excluding hydrogens is 548 g/mol. The highest BCUT2D eigenvalue weighted by molar-refractivity contribution is 7.22. The molecule has 212 valence electrons. The topological polar surface area (TPSA) is 117 Å². The molecule has 5 rings (SSSR count). The third kappa shape index (κ3) is 4.89. The Labute approximate surface area is 240 Å². The van der Waals surface area contributed by atoms with Crippen LogP contribution in [0, 0.1) is 0 Å². The molecule has 1 fully saturated rings. The number of hydrogen-bond acceptors (Lipinski definition) is 10. The number of carbonyl (C=O) groups is 2. The van der Waals surface area contributed by atoms with Gasteiger partial charge in [-0.25, -0.2) is 4.98 Å². The number of ketones is 1. The standard InChI is InChI=1S/C30H28N2O8S/c1-6-40-19-9-7-8-16(12-19)26(33)24-25(17-13-21(37-3)28(39-5)22(14-17)38-4)32(29(35)27(24)34)30-31-20-11-10-18(36-2)15-23(20)41-30/h7-15,25,33H,6H2,1-5H3/b26-24+. The van der Waals surface area contributed by atoms with E-state index in [0.717, 1.165) is 4.70 Å². The van der Waals surface area contributed by atoms with Crippen LogP contribution in [0.3, 0.4) is 0 Å². The summed E-state index contributed by atoms with van der Waals surface area (Å²) in [5.41, 5.74) is 1.27. The Hall–Kier alpha value is -4.77. The monoisotopic (exact) mass is 576 g/mol. The zero-order valence-electron chi connectivity index (χ0n) is 23.1. The quantitative estimate of drug-likeness (QED) is 0.160. The van der Waals surface area contributed by atoms with Gasteiger partial charge in [-0.1, -0.05) is 23.5 Å². The van der Waals surface area contributed by atoms with E-state index < -0.39 is 17.7 Å². The summed E-state index contributed by atoms with van der Waals surface area (Å²) in [7, 11) is 5.98. The number of aliphatic hydroxyl groups is 1. The maximum atomic E-state index is 13.7. The lowest BCUT2D eigenvalue weighted by atomic mass is 9.94. The Kier molecular flexibility index (Phi) is 7.71. The third-order valence-corrected chi connectivity index (χ3v) is 7.67. The van der Waals surface area contributed by atoms with Gasteiger partial charge in [0.2, 0.25) is 5.75 Å². The summed E-state index contributed by atoms with van der Waals surface area (Å²) in [6.45, 7) is 2.26. The molecule has 0 radical (unpaired) electrons. The SMILES string of the molecule is CCOc1cccc(/C(O)=C2\C(=O)C(=O)N(c3nc4ccc(OC)cc4s3)C2c2cc(OC)c(OC)c(OC)c2)c1. The van der Waals surface area contributed by atoms with Gasteiger partial charge in [0, 0.05) is 5.56 Å². The molecule has 1 unspecified atom stereocenters. The fourth-order valence-electron chi connectivity index (χ4n) is 4.78. The number of Topliss-reactive ketones (excluding diaryl/α,β-unsaturated/α-hetero) is 1. The van der Waals surface area contributed by atoms with Crippen molar-refractivity contribution in [2.24, 2.45) is 0 Å². The normalized spacial score (nSPS) is 16.2. The highest BCUT2D eigenvalue weighted by Crippen LogP contribution is 2.48. The van der Waals surface area contributed by atoms with E-state index in [1.807, 2.05) is 6.92 Å². The molecule has 1 atom stereocenters. The first-order valence-corrected chi connectivity index (χ1v) is 13.5. The van der Waals surface area contributed by atoms with Crippen LogP contribution in [0.4, 0.5) is 5.13 Å². The molecular formula is C30H28N2O8S. The number of benzene rings is 3. The van der Waals surface area contributed by atoms with Crippen molar-refractivity contribution in [2.45, 2.75) is 13.0 Å². The number of aromatic nitrogens is 1. The van der Waals surface area contributed by atoms with Crippen molar-refractivity contribution < 1.29 is 38.4 Å². The van der Waals surface area contributed by atoms with E-state index in [-0.39, 0.29) is 16.5 Å². The summed E-state index contributed by atoms with van der Waals surface area (Å²) in [5.74, 6) is 0.0679. The average molecular weight is 577 g/mol. The highest BCUT2D eigenvalue weighted by atomic mass is 32.1. The third-order valence-electron chi connectivity index (χ3n) is 6.66. The molecule has 11 heteroatoms. The predicted molar refractivity (Wildman–Crippen MR) is 155 cm³/mol. The second kappa shape index (κ2) is 11.4. The second-order valence-corrected chi connectivity index (χ2v) is 9.93. The Morgan fingerprint density at radius 2 is 1.66 bits per heavy atom. The smallest absolute Gasteiger partial charge is 0.301 e. The first-order chi connectivity index (χ1) is 19.8. The second-order valence-electron chi connectivity index (χ2n) is 8.92. The van der Waals surface area contributed by atoms with E-state index in [9.17, 15) is 14.7 Å². The minimum absolute atomic E-state index is 0.116. The predicted octanol–water partition coefficient (Wildman–Crippen LogP) is 5.36. The molecule has 41 heavy (non-hydrogen) atoms. The molecule has 1 saturated heterocycles. The van der Waals surface area contributed by atoms with Gasteiger partial charge in [-0.15, -0.1) is 0 Å². The Morgan fingerprint density at radius 1 is 0.927 bits per heavy atom. The van der Waals surface area contributed by atoms with Crippen molar-refractivity contribution in [3.63, 3.8) is 0 Å². The molecule has 0 spiro atoms. The Bertz CT molecular complexity index is 1650. The van der Waals surface area contributed by atoms with Gasteiger partial charge in [0.15, 0.2) is 16.6 Å².